The number of hydrogen-bond donors (Lipinski definition) is 2. The van der Waals surface area contributed by atoms with E-state index >= 15 is 0 Å². The molecule has 0 bridgehead atoms. The molecule has 1 unspecified atom stereocenters. The first kappa shape index (κ1) is 22.0. The molecule has 4 rings (SSSR count). The number of anilines is 1. The topological polar surface area (TPSA) is 113 Å². The van der Waals surface area contributed by atoms with Crippen LogP contribution in [-0.2, 0) is 31.6 Å². The number of fused-ring (bicyclic) bond motifs is 1. The van der Waals surface area contributed by atoms with Gasteiger partial charge in [-0.25, -0.2) is 8.42 Å². The molecule has 2 N–H and O–H groups in total. The minimum Gasteiger partial charge on any atom is -0.322 e. The number of sulfonamides is 1. The molecule has 2 aromatic rings. The SMILES string of the molecule is CC(C)(C)c1ccccc1S(=O)(=O)Nc1ccc2c(c1)C(=O)N(C1CCC(=O)NC1=O)C2. The number of rotatable bonds is 4. The molecular weight excluding hydrogens is 430 g/mol. The average molecular weight is 456 g/mol. The molecule has 32 heavy (non-hydrogen) atoms. The molecule has 2 aromatic carbocycles. The summed E-state index contributed by atoms with van der Waals surface area (Å²) in [6.45, 7) is 6.07. The van der Waals surface area contributed by atoms with Gasteiger partial charge in [0.05, 0.1) is 4.90 Å². The Morgan fingerprint density at radius 1 is 1.06 bits per heavy atom. The Kier molecular flexibility index (Phi) is 5.32. The van der Waals surface area contributed by atoms with Crippen LogP contribution in [0.25, 0.3) is 0 Å². The van der Waals surface area contributed by atoms with Gasteiger partial charge in [-0.15, -0.1) is 0 Å². The van der Waals surface area contributed by atoms with Crippen molar-refractivity contribution in [2.45, 2.75) is 56.5 Å². The molecule has 0 aromatic heterocycles. The van der Waals surface area contributed by atoms with Crippen LogP contribution in [0, 0.1) is 0 Å². The molecule has 2 aliphatic rings. The van der Waals surface area contributed by atoms with Gasteiger partial charge in [-0.1, -0.05) is 45.0 Å². The fourth-order valence-corrected chi connectivity index (χ4v) is 5.62. The van der Waals surface area contributed by atoms with Crippen molar-refractivity contribution in [2.75, 3.05) is 4.72 Å². The lowest BCUT2D eigenvalue weighted by Crippen LogP contribution is -2.52. The summed E-state index contributed by atoms with van der Waals surface area (Å²) in [5.41, 5.74) is 1.64. The molecule has 168 valence electrons. The summed E-state index contributed by atoms with van der Waals surface area (Å²) in [6.07, 6.45) is 0.447. The number of nitrogens with zero attached hydrogens (tertiary/aromatic N) is 1. The maximum Gasteiger partial charge on any atom is 0.262 e. The molecule has 0 saturated carbocycles. The second-order valence-electron chi connectivity index (χ2n) is 9.12. The van der Waals surface area contributed by atoms with Crippen LogP contribution in [0.5, 0.6) is 0 Å². The lowest BCUT2D eigenvalue weighted by atomic mass is 9.87. The molecule has 0 radical (unpaired) electrons. The van der Waals surface area contributed by atoms with Crippen molar-refractivity contribution in [3.63, 3.8) is 0 Å². The van der Waals surface area contributed by atoms with E-state index in [0.29, 0.717) is 16.7 Å². The Labute approximate surface area is 187 Å². The summed E-state index contributed by atoms with van der Waals surface area (Å²) < 4.78 is 28.9. The Morgan fingerprint density at radius 2 is 1.78 bits per heavy atom. The van der Waals surface area contributed by atoms with Crippen molar-refractivity contribution >= 4 is 33.4 Å². The smallest absolute Gasteiger partial charge is 0.262 e. The molecule has 1 atom stereocenters. The summed E-state index contributed by atoms with van der Waals surface area (Å²) in [7, 11) is -3.89. The molecule has 2 aliphatic heterocycles. The lowest BCUT2D eigenvalue weighted by molar-refractivity contribution is -0.136. The quantitative estimate of drug-likeness (QED) is 0.688. The normalized spacial score (nSPS) is 19.0. The molecule has 2 heterocycles. The van der Waals surface area contributed by atoms with Crippen molar-refractivity contribution in [2.24, 2.45) is 0 Å². The van der Waals surface area contributed by atoms with Crippen LogP contribution in [0.4, 0.5) is 5.69 Å². The van der Waals surface area contributed by atoms with Crippen molar-refractivity contribution in [1.82, 2.24) is 10.2 Å². The number of hydrogen-bond acceptors (Lipinski definition) is 5. The Hall–Kier alpha value is -3.20. The van der Waals surface area contributed by atoms with Crippen molar-refractivity contribution in [1.29, 1.82) is 0 Å². The van der Waals surface area contributed by atoms with Crippen LogP contribution >= 0.6 is 0 Å². The Balaban J connectivity index is 1.60. The highest BCUT2D eigenvalue weighted by Gasteiger charge is 2.39. The first-order valence-electron chi connectivity index (χ1n) is 10.4. The molecule has 1 saturated heterocycles. The maximum atomic E-state index is 13.1. The Morgan fingerprint density at radius 3 is 2.47 bits per heavy atom. The second-order valence-corrected chi connectivity index (χ2v) is 10.8. The number of imide groups is 1. The average Bonchev–Trinajstić information content (AvgIpc) is 3.03. The van der Waals surface area contributed by atoms with Gasteiger partial charge in [0.25, 0.3) is 15.9 Å². The van der Waals surface area contributed by atoms with Crippen LogP contribution < -0.4 is 10.0 Å². The van der Waals surface area contributed by atoms with E-state index in [1.807, 2.05) is 20.8 Å². The van der Waals surface area contributed by atoms with E-state index < -0.39 is 22.0 Å². The standard InChI is InChI=1S/C23H25N3O5S/c1-23(2,3)17-6-4-5-7-19(17)32(30,31)25-15-9-8-14-13-26(22(29)16(14)12-15)18-10-11-20(27)24-21(18)28/h4-9,12,18,25H,10-11,13H2,1-3H3,(H,24,27,28). The number of benzene rings is 2. The van der Waals surface area contributed by atoms with Crippen LogP contribution in [0.15, 0.2) is 47.4 Å². The zero-order valence-corrected chi connectivity index (χ0v) is 19.0. The summed E-state index contributed by atoms with van der Waals surface area (Å²) >= 11 is 0. The monoisotopic (exact) mass is 455 g/mol. The van der Waals surface area contributed by atoms with Gasteiger partial charge in [0, 0.05) is 24.2 Å². The van der Waals surface area contributed by atoms with E-state index in [0.717, 1.165) is 0 Å². The molecule has 1 fully saturated rings. The van der Waals surface area contributed by atoms with Crippen molar-refractivity contribution < 1.29 is 22.8 Å². The van der Waals surface area contributed by atoms with Gasteiger partial charge < -0.3 is 4.90 Å². The summed E-state index contributed by atoms with van der Waals surface area (Å²) in [5, 5.41) is 2.27. The molecule has 0 spiro atoms. The Bertz CT molecular complexity index is 1230. The van der Waals surface area contributed by atoms with E-state index in [1.54, 1.807) is 36.4 Å². The zero-order valence-electron chi connectivity index (χ0n) is 18.1. The van der Waals surface area contributed by atoms with E-state index in [1.165, 1.54) is 11.0 Å². The van der Waals surface area contributed by atoms with Crippen molar-refractivity contribution in [3.05, 3.63) is 59.2 Å². The molecule has 8 nitrogen and oxygen atoms in total. The van der Waals surface area contributed by atoms with Gasteiger partial charge in [0.2, 0.25) is 11.8 Å². The number of nitrogens with one attached hydrogen (secondary N) is 2. The highest BCUT2D eigenvalue weighted by Crippen LogP contribution is 2.32. The van der Waals surface area contributed by atoms with Gasteiger partial charge in [-0.3, -0.25) is 24.4 Å². The second kappa shape index (κ2) is 7.74. The van der Waals surface area contributed by atoms with Crippen LogP contribution in [0.2, 0.25) is 0 Å². The van der Waals surface area contributed by atoms with Gasteiger partial charge in [-0.05, 0) is 41.2 Å². The maximum absolute atomic E-state index is 13.1. The number of carbonyl (C=O) groups is 3. The first-order valence-corrected chi connectivity index (χ1v) is 11.9. The minimum absolute atomic E-state index is 0.175. The fraction of sp³-hybridized carbons (Fsp3) is 0.348. The summed E-state index contributed by atoms with van der Waals surface area (Å²) in [5.74, 6) is -1.18. The van der Waals surface area contributed by atoms with Crippen molar-refractivity contribution in [3.8, 4) is 0 Å². The van der Waals surface area contributed by atoms with Crippen LogP contribution in [-0.4, -0.2) is 37.1 Å². The van der Waals surface area contributed by atoms with Crippen LogP contribution in [0.3, 0.4) is 0 Å². The zero-order chi connectivity index (χ0) is 23.3. The van der Waals surface area contributed by atoms with Gasteiger partial charge in [0.1, 0.15) is 6.04 Å². The van der Waals surface area contributed by atoms with Gasteiger partial charge in [-0.2, -0.15) is 0 Å². The molecule has 9 heteroatoms. The van der Waals surface area contributed by atoms with E-state index in [2.05, 4.69) is 10.0 Å². The third-order valence-corrected chi connectivity index (χ3v) is 7.20. The fourth-order valence-electron chi connectivity index (χ4n) is 4.15. The minimum atomic E-state index is -3.89. The molecular formula is C23H25N3O5S. The van der Waals surface area contributed by atoms with Gasteiger partial charge >= 0.3 is 0 Å². The summed E-state index contributed by atoms with van der Waals surface area (Å²) in [4.78, 5) is 38.2. The van der Waals surface area contributed by atoms with Crippen LogP contribution in [0.1, 0.15) is 55.1 Å². The first-order chi connectivity index (χ1) is 15.0. The number of piperidine rings is 1. The highest BCUT2D eigenvalue weighted by molar-refractivity contribution is 7.92. The largest absolute Gasteiger partial charge is 0.322 e. The van der Waals surface area contributed by atoms with Gasteiger partial charge in [0.15, 0.2) is 0 Å². The predicted molar refractivity (Wildman–Crippen MR) is 118 cm³/mol. The third-order valence-electron chi connectivity index (χ3n) is 5.76. The number of amides is 3. The van der Waals surface area contributed by atoms with E-state index in [9.17, 15) is 22.8 Å². The van der Waals surface area contributed by atoms with E-state index in [-0.39, 0.29) is 47.2 Å². The third kappa shape index (κ3) is 4.00. The summed E-state index contributed by atoms with van der Waals surface area (Å²) in [6, 6.07) is 10.9. The molecule has 0 aliphatic carbocycles. The highest BCUT2D eigenvalue weighted by atomic mass is 32.2. The molecule has 3 amide bonds. The van der Waals surface area contributed by atoms with E-state index in [4.69, 9.17) is 0 Å². The lowest BCUT2D eigenvalue weighted by Gasteiger charge is -2.29. The number of carbonyl (C=O) groups excluding carboxylic acids is 3. The predicted octanol–water partition coefficient (Wildman–Crippen LogP) is 2.55.